The molecule has 1 atom stereocenters. The van der Waals surface area contributed by atoms with E-state index >= 15 is 0 Å². The second kappa shape index (κ2) is 4.38. The first-order valence-electron chi connectivity index (χ1n) is 5.54. The first-order chi connectivity index (χ1) is 8.25. The third-order valence-electron chi connectivity index (χ3n) is 3.21. The lowest BCUT2D eigenvalue weighted by Crippen LogP contribution is -2.45. The van der Waals surface area contributed by atoms with Crippen molar-refractivity contribution in [1.29, 1.82) is 0 Å². The van der Waals surface area contributed by atoms with Gasteiger partial charge in [0.15, 0.2) is 0 Å². The summed E-state index contributed by atoms with van der Waals surface area (Å²) in [6, 6.07) is 3.11. The molecule has 6 heteroatoms. The van der Waals surface area contributed by atoms with Crippen molar-refractivity contribution in [3.05, 3.63) is 34.6 Å². The number of nitrogens with one attached hydrogen (secondary N) is 1. The average molecular weight is 282 g/mol. The number of alkyl halides is 3. The van der Waals surface area contributed by atoms with Crippen molar-refractivity contribution in [2.75, 3.05) is 0 Å². The Morgan fingerprint density at radius 1 is 1.33 bits per heavy atom. The summed E-state index contributed by atoms with van der Waals surface area (Å²) >= 11 is 5.83. The molecule has 1 fully saturated rings. The SMILES string of the molecule is CC(NC1(C(F)(F)F)CC1)c1ccc(F)cc1Cl. The zero-order valence-corrected chi connectivity index (χ0v) is 10.4. The minimum atomic E-state index is -4.27. The molecule has 18 heavy (non-hydrogen) atoms. The standard InChI is InChI=1S/C12H12ClF4N/c1-7(9-3-2-8(14)6-10(9)13)18-11(4-5-11)12(15,16)17/h2-3,6-7,18H,4-5H2,1H3. The quantitative estimate of drug-likeness (QED) is 0.818. The lowest BCUT2D eigenvalue weighted by atomic mass is 10.1. The van der Waals surface area contributed by atoms with Crippen LogP contribution in [0.3, 0.4) is 0 Å². The molecule has 1 saturated carbocycles. The van der Waals surface area contributed by atoms with Gasteiger partial charge in [-0.05, 0) is 37.5 Å². The Bertz CT molecular complexity index is 454. The number of halogens is 5. The zero-order valence-electron chi connectivity index (χ0n) is 9.61. The summed E-state index contributed by atoms with van der Waals surface area (Å²) in [6.07, 6.45) is -4.13. The van der Waals surface area contributed by atoms with Crippen molar-refractivity contribution in [3.63, 3.8) is 0 Å². The molecule has 1 unspecified atom stereocenters. The molecule has 1 aromatic carbocycles. The Balaban J connectivity index is 2.16. The van der Waals surface area contributed by atoms with Crippen LogP contribution in [0.5, 0.6) is 0 Å². The van der Waals surface area contributed by atoms with E-state index in [1.54, 1.807) is 6.92 Å². The predicted molar refractivity (Wildman–Crippen MR) is 61.0 cm³/mol. The van der Waals surface area contributed by atoms with Crippen LogP contribution in [0, 0.1) is 5.82 Å². The molecule has 2 rings (SSSR count). The van der Waals surface area contributed by atoms with Crippen molar-refractivity contribution in [2.45, 2.75) is 37.5 Å². The van der Waals surface area contributed by atoms with E-state index in [0.717, 1.165) is 6.07 Å². The lowest BCUT2D eigenvalue weighted by molar-refractivity contribution is -0.167. The molecule has 0 aliphatic heterocycles. The van der Waals surface area contributed by atoms with Crippen LogP contribution in [0.1, 0.15) is 31.4 Å². The lowest BCUT2D eigenvalue weighted by Gasteiger charge is -2.26. The van der Waals surface area contributed by atoms with Crippen LogP contribution in [0.25, 0.3) is 0 Å². The van der Waals surface area contributed by atoms with Gasteiger partial charge in [0.2, 0.25) is 0 Å². The highest BCUT2D eigenvalue weighted by molar-refractivity contribution is 6.31. The summed E-state index contributed by atoms with van der Waals surface area (Å²) in [7, 11) is 0. The van der Waals surface area contributed by atoms with Crippen molar-refractivity contribution < 1.29 is 17.6 Å². The van der Waals surface area contributed by atoms with Gasteiger partial charge in [-0.1, -0.05) is 17.7 Å². The van der Waals surface area contributed by atoms with E-state index in [-0.39, 0.29) is 17.9 Å². The Morgan fingerprint density at radius 3 is 2.39 bits per heavy atom. The van der Waals surface area contributed by atoms with Crippen molar-refractivity contribution in [2.24, 2.45) is 0 Å². The molecule has 0 radical (unpaired) electrons. The van der Waals surface area contributed by atoms with E-state index in [2.05, 4.69) is 5.32 Å². The summed E-state index contributed by atoms with van der Waals surface area (Å²) in [4.78, 5) is 0. The van der Waals surface area contributed by atoms with Crippen LogP contribution in [-0.2, 0) is 0 Å². The maximum absolute atomic E-state index is 12.9. The molecular weight excluding hydrogens is 270 g/mol. The van der Waals surface area contributed by atoms with Gasteiger partial charge in [0.05, 0.1) is 0 Å². The van der Waals surface area contributed by atoms with Gasteiger partial charge >= 0.3 is 6.18 Å². The van der Waals surface area contributed by atoms with Gasteiger partial charge in [-0.25, -0.2) is 4.39 Å². The predicted octanol–water partition coefficient (Wildman–Crippen LogP) is 4.22. The van der Waals surface area contributed by atoms with Crippen LogP contribution >= 0.6 is 11.6 Å². The van der Waals surface area contributed by atoms with Gasteiger partial charge in [-0.2, -0.15) is 13.2 Å². The summed E-state index contributed by atoms with van der Waals surface area (Å²) in [5, 5.41) is 2.68. The molecule has 1 nitrogen and oxygen atoms in total. The smallest absolute Gasteiger partial charge is 0.297 e. The fraction of sp³-hybridized carbons (Fsp3) is 0.500. The molecule has 1 aromatic rings. The number of hydrogen-bond acceptors (Lipinski definition) is 1. The highest BCUT2D eigenvalue weighted by Gasteiger charge is 2.63. The maximum Gasteiger partial charge on any atom is 0.406 e. The van der Waals surface area contributed by atoms with Gasteiger partial charge < -0.3 is 0 Å². The van der Waals surface area contributed by atoms with Gasteiger partial charge in [-0.15, -0.1) is 0 Å². The van der Waals surface area contributed by atoms with Crippen molar-refractivity contribution in [3.8, 4) is 0 Å². The normalized spacial score (nSPS) is 19.7. The van der Waals surface area contributed by atoms with Gasteiger partial charge in [0.1, 0.15) is 11.4 Å². The summed E-state index contributed by atoms with van der Waals surface area (Å²) in [5.41, 5.74) is -1.34. The van der Waals surface area contributed by atoms with Crippen LogP contribution in [0.4, 0.5) is 17.6 Å². The van der Waals surface area contributed by atoms with E-state index < -0.39 is 23.6 Å². The topological polar surface area (TPSA) is 12.0 Å². The Morgan fingerprint density at radius 2 is 1.94 bits per heavy atom. The maximum atomic E-state index is 12.9. The first-order valence-corrected chi connectivity index (χ1v) is 5.92. The first kappa shape index (κ1) is 13.6. The third-order valence-corrected chi connectivity index (χ3v) is 3.54. The van der Waals surface area contributed by atoms with E-state index in [1.165, 1.54) is 12.1 Å². The Labute approximate surface area is 107 Å². The van der Waals surface area contributed by atoms with Crippen molar-refractivity contribution >= 4 is 11.6 Å². The van der Waals surface area contributed by atoms with Crippen LogP contribution in [0.2, 0.25) is 5.02 Å². The minimum absolute atomic E-state index is 0.0691. The minimum Gasteiger partial charge on any atom is -0.297 e. The summed E-state index contributed by atoms with van der Waals surface area (Å²) in [5.74, 6) is -0.507. The van der Waals surface area contributed by atoms with Crippen molar-refractivity contribution in [1.82, 2.24) is 5.32 Å². The summed E-state index contributed by atoms with van der Waals surface area (Å²) < 4.78 is 51.2. The molecular formula is C12H12ClF4N. The fourth-order valence-corrected chi connectivity index (χ4v) is 2.31. The molecule has 1 N–H and O–H groups in total. The van der Waals surface area contributed by atoms with Crippen LogP contribution in [0.15, 0.2) is 18.2 Å². The van der Waals surface area contributed by atoms with E-state index in [1.807, 2.05) is 0 Å². The largest absolute Gasteiger partial charge is 0.406 e. The zero-order chi connectivity index (χ0) is 13.6. The van der Waals surface area contributed by atoms with Crippen LogP contribution in [-0.4, -0.2) is 11.7 Å². The molecule has 1 aliphatic carbocycles. The van der Waals surface area contributed by atoms with E-state index in [4.69, 9.17) is 11.6 Å². The number of benzene rings is 1. The van der Waals surface area contributed by atoms with E-state index in [0.29, 0.717) is 5.56 Å². The van der Waals surface area contributed by atoms with Gasteiger partial charge in [0.25, 0.3) is 0 Å². The molecule has 0 saturated heterocycles. The highest BCUT2D eigenvalue weighted by atomic mass is 35.5. The van der Waals surface area contributed by atoms with Crippen LogP contribution < -0.4 is 5.32 Å². The Hall–Kier alpha value is -0.810. The number of rotatable bonds is 3. The molecule has 0 heterocycles. The fourth-order valence-electron chi connectivity index (χ4n) is 1.98. The third kappa shape index (κ3) is 2.47. The monoisotopic (exact) mass is 281 g/mol. The average Bonchev–Trinajstić information content (AvgIpc) is 2.97. The Kier molecular flexibility index (Phi) is 3.32. The van der Waals surface area contributed by atoms with Gasteiger partial charge in [0, 0.05) is 11.1 Å². The molecule has 100 valence electrons. The highest BCUT2D eigenvalue weighted by Crippen LogP contribution is 2.50. The van der Waals surface area contributed by atoms with E-state index in [9.17, 15) is 17.6 Å². The molecule has 0 aromatic heterocycles. The molecule has 0 bridgehead atoms. The van der Waals surface area contributed by atoms with Gasteiger partial charge in [-0.3, -0.25) is 5.32 Å². The molecule has 1 aliphatic rings. The number of hydrogen-bond donors (Lipinski definition) is 1. The molecule has 0 amide bonds. The molecule has 0 spiro atoms. The second-order valence-corrected chi connectivity index (χ2v) is 5.02. The second-order valence-electron chi connectivity index (χ2n) is 4.61. The summed E-state index contributed by atoms with van der Waals surface area (Å²) in [6.45, 7) is 1.59.